The summed E-state index contributed by atoms with van der Waals surface area (Å²) in [7, 11) is 0. The molecule has 3 aromatic rings. The topological polar surface area (TPSA) is 77.9 Å². The van der Waals surface area contributed by atoms with Gasteiger partial charge in [0, 0.05) is 49.3 Å². The molecule has 2 saturated heterocycles. The van der Waals surface area contributed by atoms with E-state index >= 15 is 4.79 Å². The smallest absolute Gasteiger partial charge is 0.326 e. The lowest BCUT2D eigenvalue weighted by Crippen LogP contribution is -2.48. The lowest BCUT2D eigenvalue weighted by atomic mass is 9.86. The molecule has 0 N–H and O–H groups in total. The molecule has 2 fully saturated rings. The zero-order valence-corrected chi connectivity index (χ0v) is 30.9. The minimum absolute atomic E-state index is 0.101. The van der Waals surface area contributed by atoms with E-state index in [-0.39, 0.29) is 17.4 Å². The van der Waals surface area contributed by atoms with Crippen molar-refractivity contribution in [3.05, 3.63) is 99.0 Å². The number of ether oxygens (including phenoxy) is 2. The quantitative estimate of drug-likeness (QED) is 0.258. The van der Waals surface area contributed by atoms with E-state index in [1.54, 1.807) is 0 Å². The van der Waals surface area contributed by atoms with Crippen LogP contribution < -0.4 is 4.74 Å². The van der Waals surface area contributed by atoms with E-state index in [1.165, 1.54) is 0 Å². The molecule has 50 heavy (non-hydrogen) atoms. The average molecular weight is 721 g/mol. The highest BCUT2D eigenvalue weighted by atomic mass is 35.5. The lowest BCUT2D eigenvalue weighted by molar-refractivity contribution is -0.136. The number of rotatable bonds is 7. The van der Waals surface area contributed by atoms with Gasteiger partial charge in [-0.1, -0.05) is 74.3 Å². The first kappa shape index (κ1) is 36.2. The number of halogens is 2. The second-order valence-electron chi connectivity index (χ2n) is 14.1. The van der Waals surface area contributed by atoms with Crippen molar-refractivity contribution in [1.82, 2.24) is 19.6 Å². The molecule has 0 aliphatic carbocycles. The van der Waals surface area contributed by atoms with E-state index in [0.717, 1.165) is 35.2 Å². The fourth-order valence-corrected chi connectivity index (χ4v) is 7.13. The summed E-state index contributed by atoms with van der Waals surface area (Å²) < 4.78 is 11.7. The molecule has 0 unspecified atom stereocenters. The highest BCUT2D eigenvalue weighted by Gasteiger charge is 2.45. The molecule has 0 spiro atoms. The summed E-state index contributed by atoms with van der Waals surface area (Å²) in [5.74, 6) is 1.35. The molecule has 0 saturated carbocycles. The first-order valence-corrected chi connectivity index (χ1v) is 18.3. The zero-order chi connectivity index (χ0) is 35.4. The maximum Gasteiger partial charge on any atom is 0.326 e. The van der Waals surface area contributed by atoms with E-state index in [0.29, 0.717) is 80.7 Å². The van der Waals surface area contributed by atoms with Gasteiger partial charge in [-0.05, 0) is 71.8 Å². The molecule has 3 aliphatic rings. The maximum atomic E-state index is 15.1. The number of amides is 3. The average Bonchev–Trinajstić information content (AvgIpc) is 3.34. The Morgan fingerprint density at radius 2 is 1.50 bits per heavy atom. The molecule has 3 aliphatic heterocycles. The number of amidine groups is 1. The number of carbonyl (C=O) groups excluding carboxylic acids is 2. The first-order chi connectivity index (χ1) is 24.0. The van der Waals surface area contributed by atoms with Gasteiger partial charge in [-0.25, -0.2) is 4.79 Å². The number of carbonyl (C=O) groups is 2. The van der Waals surface area contributed by atoms with Gasteiger partial charge in [-0.3, -0.25) is 19.6 Å². The summed E-state index contributed by atoms with van der Waals surface area (Å²) >= 11 is 12.7. The SMILES string of the molecule is CCOc1cc(C(C)(C)C)ccc1C1=N[C@@H](c2ccc(Cl)cc2)[C@@H](c2ccc(Cl)cc2)N1C(=O)N1CCCN(CC(=O)N2CCOCC2)CC1. The molecule has 0 radical (unpaired) electrons. The van der Waals surface area contributed by atoms with Crippen LogP contribution in [0.3, 0.4) is 0 Å². The van der Waals surface area contributed by atoms with Crippen LogP contribution in [0.1, 0.15) is 68.5 Å². The summed E-state index contributed by atoms with van der Waals surface area (Å²) in [5, 5.41) is 1.24. The van der Waals surface area contributed by atoms with Crippen molar-refractivity contribution >= 4 is 41.0 Å². The Morgan fingerprint density at radius 1 is 0.840 bits per heavy atom. The number of nitrogens with zero attached hydrogens (tertiary/aromatic N) is 5. The molecular weight excluding hydrogens is 673 g/mol. The zero-order valence-electron chi connectivity index (χ0n) is 29.4. The molecule has 3 aromatic carbocycles. The normalized spacial score (nSPS) is 20.4. The van der Waals surface area contributed by atoms with Crippen LogP contribution in [0, 0.1) is 0 Å². The molecule has 2 atom stereocenters. The fraction of sp³-hybridized carbons (Fsp3) is 0.462. The Labute approximate surface area is 305 Å². The Morgan fingerprint density at radius 3 is 2.14 bits per heavy atom. The summed E-state index contributed by atoms with van der Waals surface area (Å²) in [6.45, 7) is 14.0. The van der Waals surface area contributed by atoms with Gasteiger partial charge in [0.25, 0.3) is 0 Å². The molecule has 11 heteroatoms. The fourth-order valence-electron chi connectivity index (χ4n) is 6.88. The second-order valence-corrected chi connectivity index (χ2v) is 15.0. The van der Waals surface area contributed by atoms with Gasteiger partial charge in [0.2, 0.25) is 5.91 Å². The van der Waals surface area contributed by atoms with Crippen LogP contribution in [0.2, 0.25) is 10.0 Å². The van der Waals surface area contributed by atoms with Gasteiger partial charge >= 0.3 is 6.03 Å². The van der Waals surface area contributed by atoms with Crippen molar-refractivity contribution in [2.45, 2.75) is 51.6 Å². The van der Waals surface area contributed by atoms with Crippen LogP contribution in [-0.2, 0) is 14.9 Å². The van der Waals surface area contributed by atoms with Gasteiger partial charge in [-0.15, -0.1) is 0 Å². The van der Waals surface area contributed by atoms with Gasteiger partial charge in [0.15, 0.2) is 0 Å². The third-order valence-corrected chi connectivity index (χ3v) is 10.2. The van der Waals surface area contributed by atoms with Crippen molar-refractivity contribution in [2.24, 2.45) is 4.99 Å². The molecular formula is C39H47Cl2N5O4. The second kappa shape index (κ2) is 15.7. The van der Waals surface area contributed by atoms with Crippen LogP contribution in [0.4, 0.5) is 4.79 Å². The number of aliphatic imine (C=N–C) groups is 1. The van der Waals surface area contributed by atoms with Crippen LogP contribution in [0.25, 0.3) is 0 Å². The van der Waals surface area contributed by atoms with E-state index in [9.17, 15) is 4.79 Å². The van der Waals surface area contributed by atoms with E-state index in [1.807, 2.05) is 76.2 Å². The standard InChI is InChI=1S/C39H47Cl2N5O4/c1-5-50-33-25-29(39(2,3)4)11-16-32(33)37-42-35(27-7-12-30(40)13-8-27)36(28-9-14-31(41)15-10-28)46(37)38(48)45-18-6-17-43(19-20-45)26-34(47)44-21-23-49-24-22-44/h7-16,25,35-36H,5-6,17-24,26H2,1-4H3/t35-,36+/m0/s1. The van der Waals surface area contributed by atoms with Crippen molar-refractivity contribution < 1.29 is 19.1 Å². The summed E-state index contributed by atoms with van der Waals surface area (Å²) in [4.78, 5) is 41.3. The monoisotopic (exact) mass is 719 g/mol. The molecule has 0 bridgehead atoms. The van der Waals surface area contributed by atoms with E-state index in [4.69, 9.17) is 37.7 Å². The molecule has 3 heterocycles. The summed E-state index contributed by atoms with van der Waals surface area (Å²) in [6.07, 6.45) is 0.749. The number of morpholine rings is 1. The predicted molar refractivity (Wildman–Crippen MR) is 198 cm³/mol. The molecule has 266 valence electrons. The highest BCUT2D eigenvalue weighted by Crippen LogP contribution is 2.46. The van der Waals surface area contributed by atoms with Crippen molar-refractivity contribution in [2.75, 3.05) is 65.6 Å². The maximum absolute atomic E-state index is 15.1. The van der Waals surface area contributed by atoms with Crippen molar-refractivity contribution in [3.8, 4) is 5.75 Å². The third kappa shape index (κ3) is 8.12. The Kier molecular flexibility index (Phi) is 11.4. The minimum Gasteiger partial charge on any atom is -0.493 e. The minimum atomic E-state index is -0.463. The van der Waals surface area contributed by atoms with Gasteiger partial charge in [0.05, 0.1) is 38.0 Å². The van der Waals surface area contributed by atoms with Crippen molar-refractivity contribution in [3.63, 3.8) is 0 Å². The molecule has 0 aromatic heterocycles. The number of benzene rings is 3. The highest BCUT2D eigenvalue weighted by molar-refractivity contribution is 6.30. The predicted octanol–water partition coefficient (Wildman–Crippen LogP) is 7.22. The van der Waals surface area contributed by atoms with Gasteiger partial charge < -0.3 is 19.3 Å². The Hall–Kier alpha value is -3.63. The Balaban J connectivity index is 1.38. The molecule has 9 nitrogen and oxygen atoms in total. The largest absolute Gasteiger partial charge is 0.493 e. The van der Waals surface area contributed by atoms with Crippen LogP contribution in [0.15, 0.2) is 71.7 Å². The van der Waals surface area contributed by atoms with Gasteiger partial charge in [0.1, 0.15) is 17.6 Å². The van der Waals surface area contributed by atoms with Crippen LogP contribution >= 0.6 is 23.2 Å². The van der Waals surface area contributed by atoms with Gasteiger partial charge in [-0.2, -0.15) is 0 Å². The Bertz CT molecular complexity index is 1690. The number of urea groups is 1. The van der Waals surface area contributed by atoms with Crippen LogP contribution in [-0.4, -0.2) is 103 Å². The molecule has 3 amide bonds. The first-order valence-electron chi connectivity index (χ1n) is 17.6. The summed E-state index contributed by atoms with van der Waals surface area (Å²) in [5.41, 5.74) is 3.64. The van der Waals surface area contributed by atoms with Crippen LogP contribution in [0.5, 0.6) is 5.75 Å². The van der Waals surface area contributed by atoms with E-state index < -0.39 is 12.1 Å². The third-order valence-electron chi connectivity index (χ3n) is 9.67. The van der Waals surface area contributed by atoms with Crippen molar-refractivity contribution in [1.29, 1.82) is 0 Å². The number of hydrogen-bond donors (Lipinski definition) is 0. The van der Waals surface area contributed by atoms with E-state index in [2.05, 4.69) is 37.8 Å². The lowest BCUT2D eigenvalue weighted by Gasteiger charge is -2.34. The summed E-state index contributed by atoms with van der Waals surface area (Å²) in [6, 6.07) is 20.5. The number of hydrogen-bond acceptors (Lipinski definition) is 6. The molecule has 6 rings (SSSR count).